The zero-order valence-corrected chi connectivity index (χ0v) is 14.7. The zero-order chi connectivity index (χ0) is 19.0. The summed E-state index contributed by atoms with van der Waals surface area (Å²) in [4.78, 5) is 12.7. The molecule has 0 unspecified atom stereocenters. The maximum atomic E-state index is 14.0. The average molecular weight is 363 g/mol. The molecule has 2 heterocycles. The molecule has 27 heavy (non-hydrogen) atoms. The largest absolute Gasteiger partial charge is 0.411 e. The molecule has 0 amide bonds. The second kappa shape index (κ2) is 6.75. The van der Waals surface area contributed by atoms with E-state index < -0.39 is 0 Å². The molecular weight excluding hydrogens is 345 g/mol. The SMILES string of the molecule is Cc1nc(N)nc2c1/C(=N/O)C[C@H](c1ccc(F)cc1-c1cccnc1)C2. The molecule has 0 fully saturated rings. The van der Waals surface area contributed by atoms with Crippen molar-refractivity contribution in [1.82, 2.24) is 15.0 Å². The molecule has 0 saturated carbocycles. The van der Waals surface area contributed by atoms with E-state index in [4.69, 9.17) is 5.73 Å². The Hall–Kier alpha value is -3.35. The standard InChI is InChI=1S/C20H18FN5O/c1-11-19-17(25-20(22)24-11)7-13(8-18(19)26-27)15-5-4-14(21)9-16(15)12-3-2-6-23-10-12/h2-6,9-10,13,27H,7-8H2,1H3,(H2,22,24,25)/b26-18+/t13-/m1/s1. The lowest BCUT2D eigenvalue weighted by molar-refractivity contribution is 0.316. The quantitative estimate of drug-likeness (QED) is 0.537. The van der Waals surface area contributed by atoms with Crippen molar-refractivity contribution in [3.8, 4) is 11.1 Å². The second-order valence-corrected chi connectivity index (χ2v) is 6.61. The Balaban J connectivity index is 1.84. The fourth-order valence-corrected chi connectivity index (χ4v) is 3.79. The third kappa shape index (κ3) is 3.12. The predicted molar refractivity (Wildman–Crippen MR) is 100 cm³/mol. The molecule has 1 aliphatic carbocycles. The summed E-state index contributed by atoms with van der Waals surface area (Å²) in [5, 5.41) is 13.0. The first-order valence-corrected chi connectivity index (χ1v) is 8.61. The molecular formula is C20H18FN5O. The van der Waals surface area contributed by atoms with Crippen LogP contribution in [0.25, 0.3) is 11.1 Å². The van der Waals surface area contributed by atoms with Crippen LogP contribution in [0.4, 0.5) is 10.3 Å². The molecule has 0 radical (unpaired) electrons. The van der Waals surface area contributed by atoms with Crippen LogP contribution in [-0.2, 0) is 6.42 Å². The Morgan fingerprint density at radius 1 is 1.22 bits per heavy atom. The number of pyridine rings is 1. The van der Waals surface area contributed by atoms with Gasteiger partial charge in [-0.25, -0.2) is 14.4 Å². The highest BCUT2D eigenvalue weighted by Gasteiger charge is 2.30. The van der Waals surface area contributed by atoms with Gasteiger partial charge in [-0.15, -0.1) is 0 Å². The van der Waals surface area contributed by atoms with E-state index in [9.17, 15) is 9.60 Å². The van der Waals surface area contributed by atoms with E-state index in [-0.39, 0.29) is 17.7 Å². The van der Waals surface area contributed by atoms with E-state index in [1.54, 1.807) is 18.5 Å². The van der Waals surface area contributed by atoms with Gasteiger partial charge in [-0.1, -0.05) is 17.3 Å². The molecule has 3 N–H and O–H groups in total. The van der Waals surface area contributed by atoms with Gasteiger partial charge in [0, 0.05) is 29.9 Å². The number of aromatic nitrogens is 3. The summed E-state index contributed by atoms with van der Waals surface area (Å²) < 4.78 is 14.0. The van der Waals surface area contributed by atoms with Crippen LogP contribution < -0.4 is 5.73 Å². The Bertz CT molecular complexity index is 1040. The molecule has 2 aromatic heterocycles. The summed E-state index contributed by atoms with van der Waals surface area (Å²) in [6.07, 6.45) is 4.48. The van der Waals surface area contributed by atoms with E-state index in [2.05, 4.69) is 20.1 Å². The predicted octanol–water partition coefficient (Wildman–Crippen LogP) is 3.48. The number of nitrogens with zero attached hydrogens (tertiary/aromatic N) is 4. The third-order valence-electron chi connectivity index (χ3n) is 4.90. The van der Waals surface area contributed by atoms with E-state index in [0.717, 1.165) is 27.9 Å². The van der Waals surface area contributed by atoms with Crippen molar-refractivity contribution in [2.24, 2.45) is 5.16 Å². The summed E-state index contributed by atoms with van der Waals surface area (Å²) in [6.45, 7) is 1.82. The molecule has 7 heteroatoms. The van der Waals surface area contributed by atoms with Gasteiger partial charge in [-0.05, 0) is 48.6 Å². The number of hydrogen-bond acceptors (Lipinski definition) is 6. The number of rotatable bonds is 2. The molecule has 136 valence electrons. The molecule has 1 aliphatic rings. The van der Waals surface area contributed by atoms with Gasteiger partial charge >= 0.3 is 0 Å². The smallest absolute Gasteiger partial charge is 0.220 e. The Morgan fingerprint density at radius 3 is 2.81 bits per heavy atom. The van der Waals surface area contributed by atoms with Crippen molar-refractivity contribution >= 4 is 11.7 Å². The highest BCUT2D eigenvalue weighted by molar-refractivity contribution is 6.03. The highest BCUT2D eigenvalue weighted by Crippen LogP contribution is 2.38. The molecule has 0 bridgehead atoms. The number of oxime groups is 1. The molecule has 4 rings (SSSR count). The second-order valence-electron chi connectivity index (χ2n) is 6.61. The summed E-state index contributed by atoms with van der Waals surface area (Å²) in [6, 6.07) is 8.45. The van der Waals surface area contributed by atoms with Gasteiger partial charge in [0.25, 0.3) is 0 Å². The lowest BCUT2D eigenvalue weighted by Crippen LogP contribution is -2.24. The van der Waals surface area contributed by atoms with Gasteiger partial charge in [0.1, 0.15) is 5.82 Å². The lowest BCUT2D eigenvalue weighted by atomic mass is 9.78. The normalized spacial score (nSPS) is 17.7. The molecule has 1 atom stereocenters. The fraction of sp³-hybridized carbons (Fsp3) is 0.200. The number of fused-ring (bicyclic) bond motifs is 1. The van der Waals surface area contributed by atoms with Crippen LogP contribution in [-0.4, -0.2) is 25.9 Å². The minimum absolute atomic E-state index is 0.0343. The maximum Gasteiger partial charge on any atom is 0.220 e. The Morgan fingerprint density at radius 2 is 2.07 bits per heavy atom. The molecule has 0 aliphatic heterocycles. The van der Waals surface area contributed by atoms with Crippen molar-refractivity contribution in [3.63, 3.8) is 0 Å². The average Bonchev–Trinajstić information content (AvgIpc) is 2.67. The molecule has 0 saturated heterocycles. The lowest BCUT2D eigenvalue weighted by Gasteiger charge is -2.27. The van der Waals surface area contributed by atoms with E-state index >= 15 is 0 Å². The summed E-state index contributed by atoms with van der Waals surface area (Å²) >= 11 is 0. The van der Waals surface area contributed by atoms with Gasteiger partial charge < -0.3 is 10.9 Å². The maximum absolute atomic E-state index is 14.0. The van der Waals surface area contributed by atoms with Crippen LogP contribution in [0.15, 0.2) is 47.9 Å². The van der Waals surface area contributed by atoms with Crippen LogP contribution in [0.3, 0.4) is 0 Å². The third-order valence-corrected chi connectivity index (χ3v) is 4.90. The van der Waals surface area contributed by atoms with Gasteiger partial charge in [0.2, 0.25) is 5.95 Å². The van der Waals surface area contributed by atoms with Gasteiger partial charge in [-0.3, -0.25) is 4.98 Å². The zero-order valence-electron chi connectivity index (χ0n) is 14.7. The highest BCUT2D eigenvalue weighted by atomic mass is 19.1. The minimum atomic E-state index is -0.313. The number of aryl methyl sites for hydroxylation is 1. The van der Waals surface area contributed by atoms with E-state index in [1.165, 1.54) is 12.1 Å². The monoisotopic (exact) mass is 363 g/mol. The number of nitrogens with two attached hydrogens (primary N) is 1. The first-order chi connectivity index (χ1) is 13.1. The van der Waals surface area contributed by atoms with Crippen molar-refractivity contribution in [3.05, 3.63) is 71.1 Å². The number of nitrogen functional groups attached to an aromatic ring is 1. The van der Waals surface area contributed by atoms with Gasteiger partial charge in [-0.2, -0.15) is 0 Å². The number of halogens is 1. The number of hydrogen-bond donors (Lipinski definition) is 2. The van der Waals surface area contributed by atoms with Crippen LogP contribution in [0.2, 0.25) is 0 Å². The van der Waals surface area contributed by atoms with Crippen LogP contribution in [0.5, 0.6) is 0 Å². The number of anilines is 1. The van der Waals surface area contributed by atoms with Crippen LogP contribution >= 0.6 is 0 Å². The molecule has 3 aromatic rings. The summed E-state index contributed by atoms with van der Waals surface area (Å²) in [7, 11) is 0. The first-order valence-electron chi connectivity index (χ1n) is 8.61. The van der Waals surface area contributed by atoms with Crippen molar-refractivity contribution < 1.29 is 9.60 Å². The fourth-order valence-electron chi connectivity index (χ4n) is 3.79. The van der Waals surface area contributed by atoms with Crippen LogP contribution in [0, 0.1) is 12.7 Å². The Labute approximate surface area is 155 Å². The van der Waals surface area contributed by atoms with E-state index in [0.29, 0.717) is 24.2 Å². The summed E-state index contributed by atoms with van der Waals surface area (Å²) in [5.41, 5.74) is 11.1. The topological polar surface area (TPSA) is 97.3 Å². The van der Waals surface area contributed by atoms with Gasteiger partial charge in [0.05, 0.1) is 17.1 Å². The minimum Gasteiger partial charge on any atom is -0.411 e. The van der Waals surface area contributed by atoms with Gasteiger partial charge in [0.15, 0.2) is 0 Å². The van der Waals surface area contributed by atoms with Crippen molar-refractivity contribution in [2.75, 3.05) is 5.73 Å². The molecule has 1 aromatic carbocycles. The first kappa shape index (κ1) is 17.1. The van der Waals surface area contributed by atoms with Crippen molar-refractivity contribution in [1.29, 1.82) is 0 Å². The number of benzene rings is 1. The summed E-state index contributed by atoms with van der Waals surface area (Å²) in [5.74, 6) is -0.157. The van der Waals surface area contributed by atoms with Crippen LogP contribution in [0.1, 0.15) is 34.9 Å². The molecule has 6 nitrogen and oxygen atoms in total. The Kier molecular flexibility index (Phi) is 4.27. The van der Waals surface area contributed by atoms with Crippen molar-refractivity contribution in [2.45, 2.75) is 25.7 Å². The van der Waals surface area contributed by atoms with E-state index in [1.807, 2.05) is 19.1 Å². The molecule has 0 spiro atoms.